The van der Waals surface area contributed by atoms with Gasteiger partial charge in [0.1, 0.15) is 22.9 Å². The Morgan fingerprint density at radius 3 is 2.30 bits per heavy atom. The lowest BCUT2D eigenvalue weighted by atomic mass is 9.75. The van der Waals surface area contributed by atoms with Crippen molar-refractivity contribution in [2.75, 3.05) is 0 Å². The number of rotatable bonds is 2. The highest BCUT2D eigenvalue weighted by atomic mass is 32.2. The number of fused-ring (bicyclic) bond motifs is 6. The Morgan fingerprint density at radius 1 is 0.852 bits per heavy atom. The summed E-state index contributed by atoms with van der Waals surface area (Å²) in [6, 6.07) is 20.6. The average molecular weight is 380 g/mol. The monoisotopic (exact) mass is 380 g/mol. The lowest BCUT2D eigenvalue weighted by Crippen LogP contribution is -2.50. The highest BCUT2D eigenvalue weighted by Crippen LogP contribution is 2.49. The Morgan fingerprint density at radius 2 is 1.52 bits per heavy atom. The largest absolute Gasteiger partial charge is 0.488 e. The predicted octanol–water partition coefficient (Wildman–Crippen LogP) is 4.12. The topological polar surface area (TPSA) is 43.4 Å². The van der Waals surface area contributed by atoms with Gasteiger partial charge in [0.15, 0.2) is 9.84 Å². The molecule has 3 atom stereocenters. The van der Waals surface area contributed by atoms with Crippen molar-refractivity contribution < 1.29 is 17.5 Å². The number of sulfone groups is 1. The quantitative estimate of drug-likeness (QED) is 0.628. The Kier molecular flexibility index (Phi) is 3.62. The molecule has 0 radical (unpaired) electrons. The van der Waals surface area contributed by atoms with Crippen molar-refractivity contribution in [3.8, 4) is 5.75 Å². The minimum absolute atomic E-state index is 0.131. The molecule has 1 aliphatic carbocycles. The molecule has 0 saturated carbocycles. The van der Waals surface area contributed by atoms with Gasteiger partial charge in [0.2, 0.25) is 0 Å². The van der Waals surface area contributed by atoms with Gasteiger partial charge < -0.3 is 4.74 Å². The second kappa shape index (κ2) is 5.92. The first kappa shape index (κ1) is 16.5. The molecule has 0 fully saturated rings. The van der Waals surface area contributed by atoms with Gasteiger partial charge in [-0.05, 0) is 41.5 Å². The maximum Gasteiger partial charge on any atom is 0.185 e. The van der Waals surface area contributed by atoms with E-state index in [1.54, 1.807) is 0 Å². The maximum absolute atomic E-state index is 13.5. The number of hydrogen-bond acceptors (Lipinski definition) is 3. The third-order valence-electron chi connectivity index (χ3n) is 5.54. The Balaban J connectivity index is 1.73. The fraction of sp³-hybridized carbons (Fsp3) is 0.182. The summed E-state index contributed by atoms with van der Waals surface area (Å²) >= 11 is 0. The first-order valence-corrected chi connectivity index (χ1v) is 10.4. The number of hydrogen-bond donors (Lipinski definition) is 0. The Hall–Kier alpha value is -2.66. The minimum Gasteiger partial charge on any atom is -0.488 e. The van der Waals surface area contributed by atoms with Crippen molar-refractivity contribution >= 4 is 9.84 Å². The zero-order valence-corrected chi connectivity index (χ0v) is 15.2. The van der Waals surface area contributed by atoms with Crippen LogP contribution in [0.4, 0.5) is 4.39 Å². The zero-order chi connectivity index (χ0) is 18.6. The van der Waals surface area contributed by atoms with E-state index in [1.807, 2.05) is 48.5 Å². The summed E-state index contributed by atoms with van der Waals surface area (Å²) in [5, 5.41) is -0.743. The van der Waals surface area contributed by atoms with E-state index >= 15 is 0 Å². The summed E-state index contributed by atoms with van der Waals surface area (Å²) in [5.74, 6) is -0.0164. The van der Waals surface area contributed by atoms with Crippen LogP contribution in [-0.4, -0.2) is 19.8 Å². The third-order valence-corrected chi connectivity index (χ3v) is 7.76. The molecule has 2 aliphatic rings. The van der Waals surface area contributed by atoms with E-state index in [2.05, 4.69) is 0 Å². The highest BCUT2D eigenvalue weighted by molar-refractivity contribution is 7.92. The highest BCUT2D eigenvalue weighted by Gasteiger charge is 2.50. The molecule has 0 unspecified atom stereocenters. The van der Waals surface area contributed by atoms with Gasteiger partial charge in [-0.1, -0.05) is 42.5 Å². The molecule has 0 aromatic heterocycles. The maximum atomic E-state index is 13.5. The van der Waals surface area contributed by atoms with Crippen LogP contribution in [0.3, 0.4) is 0 Å². The summed E-state index contributed by atoms with van der Waals surface area (Å²) in [5.41, 5.74) is 3.03. The summed E-state index contributed by atoms with van der Waals surface area (Å²) < 4.78 is 46.5. The standard InChI is InChI=1S/C22H17FO3S/c23-15-9-11-16(12-10-15)27(24,25)22-20-13-14-5-1-2-6-17(14)21(22)18-7-3-4-8-19(18)26-20/h1-12,20-22H,13H2/t20-,21-,22-/m1/s1. The molecule has 0 N–H and O–H groups in total. The molecule has 0 saturated heterocycles. The molecule has 1 aliphatic heterocycles. The number of halogens is 1. The lowest BCUT2D eigenvalue weighted by Gasteiger charge is -2.43. The summed E-state index contributed by atoms with van der Waals surface area (Å²) in [6.45, 7) is 0. The molecule has 1 heterocycles. The normalized spacial score (nSPS) is 23.1. The second-order valence-electron chi connectivity index (χ2n) is 7.04. The van der Waals surface area contributed by atoms with Crippen molar-refractivity contribution in [3.05, 3.63) is 95.3 Å². The number of ether oxygens (including phenoxy) is 1. The first-order chi connectivity index (χ1) is 13.1. The van der Waals surface area contributed by atoms with Crippen LogP contribution < -0.4 is 4.74 Å². The molecule has 3 aromatic carbocycles. The molecule has 0 amide bonds. The van der Waals surface area contributed by atoms with Crippen LogP contribution in [0.1, 0.15) is 22.6 Å². The minimum atomic E-state index is -3.72. The van der Waals surface area contributed by atoms with E-state index in [4.69, 9.17) is 4.74 Å². The van der Waals surface area contributed by atoms with Crippen molar-refractivity contribution in [2.45, 2.75) is 28.6 Å². The van der Waals surface area contributed by atoms with Gasteiger partial charge in [-0.25, -0.2) is 12.8 Å². The van der Waals surface area contributed by atoms with Gasteiger partial charge in [-0.3, -0.25) is 0 Å². The SMILES string of the molecule is O=S(=O)(c1ccc(F)cc1)[C@H]1[C@@H]2c3ccccc3C[C@H]1Oc1ccccc12. The lowest BCUT2D eigenvalue weighted by molar-refractivity contribution is 0.159. The zero-order valence-electron chi connectivity index (χ0n) is 14.4. The Bertz CT molecular complexity index is 1070. The molecular formula is C22H17FO3S. The molecular weight excluding hydrogens is 363 g/mol. The van der Waals surface area contributed by atoms with Crippen LogP contribution in [0, 0.1) is 5.82 Å². The van der Waals surface area contributed by atoms with E-state index < -0.39 is 27.0 Å². The fourth-order valence-electron chi connectivity index (χ4n) is 4.37. The first-order valence-electron chi connectivity index (χ1n) is 8.88. The van der Waals surface area contributed by atoms with E-state index in [1.165, 1.54) is 24.3 Å². The third kappa shape index (κ3) is 2.49. The van der Waals surface area contributed by atoms with Crippen molar-refractivity contribution in [2.24, 2.45) is 0 Å². The molecule has 3 nitrogen and oxygen atoms in total. The smallest absolute Gasteiger partial charge is 0.185 e. The number of benzene rings is 3. The van der Waals surface area contributed by atoms with Crippen LogP contribution in [0.5, 0.6) is 5.75 Å². The van der Waals surface area contributed by atoms with Crippen molar-refractivity contribution in [1.29, 1.82) is 0 Å². The van der Waals surface area contributed by atoms with E-state index in [9.17, 15) is 12.8 Å². The van der Waals surface area contributed by atoms with E-state index in [0.717, 1.165) is 22.4 Å². The average Bonchev–Trinajstić information content (AvgIpc) is 2.67. The van der Waals surface area contributed by atoms with E-state index in [0.29, 0.717) is 6.42 Å². The number of para-hydroxylation sites is 1. The Labute approximate surface area is 157 Å². The van der Waals surface area contributed by atoms with Crippen LogP contribution in [0.25, 0.3) is 0 Å². The van der Waals surface area contributed by atoms with Crippen LogP contribution in [0.15, 0.2) is 77.7 Å². The van der Waals surface area contributed by atoms with Gasteiger partial charge >= 0.3 is 0 Å². The fourth-order valence-corrected chi connectivity index (χ4v) is 6.40. The van der Waals surface area contributed by atoms with Gasteiger partial charge in [0.05, 0.1) is 4.90 Å². The van der Waals surface area contributed by atoms with Crippen molar-refractivity contribution in [3.63, 3.8) is 0 Å². The second-order valence-corrected chi connectivity index (χ2v) is 9.14. The van der Waals surface area contributed by atoms with Gasteiger partial charge in [-0.15, -0.1) is 0 Å². The molecule has 2 bridgehead atoms. The molecule has 27 heavy (non-hydrogen) atoms. The molecule has 5 rings (SSSR count). The van der Waals surface area contributed by atoms with Crippen LogP contribution >= 0.6 is 0 Å². The van der Waals surface area contributed by atoms with E-state index in [-0.39, 0.29) is 10.8 Å². The molecule has 3 aromatic rings. The molecule has 136 valence electrons. The van der Waals surface area contributed by atoms with Crippen LogP contribution in [-0.2, 0) is 16.3 Å². The summed E-state index contributed by atoms with van der Waals surface area (Å²) in [4.78, 5) is 0.131. The van der Waals surface area contributed by atoms with Gasteiger partial charge in [-0.2, -0.15) is 0 Å². The van der Waals surface area contributed by atoms with Crippen LogP contribution in [0.2, 0.25) is 0 Å². The molecule has 5 heteroatoms. The molecule has 0 spiro atoms. The van der Waals surface area contributed by atoms with Gasteiger partial charge in [0.25, 0.3) is 0 Å². The summed E-state index contributed by atoms with van der Waals surface area (Å²) in [6.07, 6.45) is 0.0568. The summed E-state index contributed by atoms with van der Waals surface area (Å²) in [7, 11) is -3.72. The predicted molar refractivity (Wildman–Crippen MR) is 100 cm³/mol. The van der Waals surface area contributed by atoms with Gasteiger partial charge in [0, 0.05) is 17.9 Å². The van der Waals surface area contributed by atoms with Crippen molar-refractivity contribution in [1.82, 2.24) is 0 Å².